The van der Waals surface area contributed by atoms with Crippen molar-refractivity contribution in [2.75, 3.05) is 18.0 Å². The van der Waals surface area contributed by atoms with Crippen molar-refractivity contribution in [2.24, 2.45) is 5.92 Å². The second kappa shape index (κ2) is 15.6. The number of nitrogens with one attached hydrogen (secondary N) is 2. The van der Waals surface area contributed by atoms with Gasteiger partial charge in [-0.3, -0.25) is 9.59 Å². The smallest absolute Gasteiger partial charge is 0.227 e. The first kappa shape index (κ1) is 31.3. The van der Waals surface area contributed by atoms with Crippen LogP contribution in [0.3, 0.4) is 0 Å². The number of aryl methyl sites for hydroxylation is 1. The summed E-state index contributed by atoms with van der Waals surface area (Å²) in [6, 6.07) is 19.9. The van der Waals surface area contributed by atoms with Crippen LogP contribution < -0.4 is 15.5 Å². The largest absolute Gasteiger partial charge is 0.390 e. The molecule has 1 saturated carbocycles. The van der Waals surface area contributed by atoms with Gasteiger partial charge in [0.25, 0.3) is 0 Å². The van der Waals surface area contributed by atoms with Crippen LogP contribution in [0, 0.1) is 17.6 Å². The number of para-hydroxylation sites is 1. The number of rotatable bonds is 16. The quantitative estimate of drug-likeness (QED) is 0.215. The first-order valence-electron chi connectivity index (χ1n) is 14.9. The minimum atomic E-state index is -1.04. The molecule has 4 rings (SSSR count). The Hall–Kier alpha value is -3.62. The lowest BCUT2D eigenvalue weighted by Crippen LogP contribution is -2.48. The van der Waals surface area contributed by atoms with E-state index in [0.717, 1.165) is 30.2 Å². The second-order valence-corrected chi connectivity index (χ2v) is 11.1. The maximum atomic E-state index is 13.9. The molecule has 0 aliphatic heterocycles. The third kappa shape index (κ3) is 10.0. The van der Waals surface area contributed by atoms with Crippen molar-refractivity contribution >= 4 is 17.5 Å². The molecule has 0 radical (unpaired) electrons. The molecule has 2 amide bonds. The molecule has 1 aliphatic carbocycles. The average Bonchev–Trinajstić information content (AvgIpc) is 3.80. The first-order chi connectivity index (χ1) is 20.3. The van der Waals surface area contributed by atoms with Crippen LogP contribution in [0.2, 0.25) is 0 Å². The van der Waals surface area contributed by atoms with Crippen LogP contribution in [0.15, 0.2) is 72.8 Å². The summed E-state index contributed by atoms with van der Waals surface area (Å²) >= 11 is 0. The van der Waals surface area contributed by atoms with E-state index < -0.39 is 29.7 Å². The fourth-order valence-electron chi connectivity index (χ4n) is 5.09. The van der Waals surface area contributed by atoms with Crippen LogP contribution in [0.4, 0.5) is 14.5 Å². The third-order valence-corrected chi connectivity index (χ3v) is 7.66. The summed E-state index contributed by atoms with van der Waals surface area (Å²) in [5.41, 5.74) is 3.40. The van der Waals surface area contributed by atoms with Gasteiger partial charge in [-0.25, -0.2) is 8.78 Å². The zero-order chi connectivity index (χ0) is 29.9. The molecule has 0 aromatic heterocycles. The minimum Gasteiger partial charge on any atom is -0.390 e. The summed E-state index contributed by atoms with van der Waals surface area (Å²) in [5.74, 6) is -1.34. The number of benzene rings is 3. The number of anilines is 1. The van der Waals surface area contributed by atoms with Gasteiger partial charge in [-0.05, 0) is 66.1 Å². The molecule has 1 fully saturated rings. The average molecular weight is 578 g/mol. The number of aliphatic hydroxyl groups excluding tert-OH is 1. The minimum absolute atomic E-state index is 0.00875. The maximum absolute atomic E-state index is 13.9. The Morgan fingerprint density at radius 1 is 0.929 bits per heavy atom. The van der Waals surface area contributed by atoms with Gasteiger partial charge in [0, 0.05) is 44.2 Å². The number of aliphatic hydroxyl groups is 1. The highest BCUT2D eigenvalue weighted by molar-refractivity contribution is 5.95. The fourth-order valence-corrected chi connectivity index (χ4v) is 5.09. The van der Waals surface area contributed by atoms with E-state index in [0.29, 0.717) is 24.6 Å². The SMILES string of the molecule is CCc1cccc(CNC[C@@H](O)[C@H](Cc2cc(F)cc(F)c2)NC(=O)CCC(=O)N(CCC2CC2)c2ccccc2)c1. The molecule has 1 aliphatic rings. The van der Waals surface area contributed by atoms with E-state index in [-0.39, 0.29) is 31.7 Å². The van der Waals surface area contributed by atoms with Crippen molar-refractivity contribution in [3.63, 3.8) is 0 Å². The van der Waals surface area contributed by atoms with Crippen LogP contribution in [0.1, 0.15) is 55.7 Å². The lowest BCUT2D eigenvalue weighted by Gasteiger charge is -2.26. The van der Waals surface area contributed by atoms with Crippen molar-refractivity contribution in [1.82, 2.24) is 10.6 Å². The van der Waals surface area contributed by atoms with E-state index in [4.69, 9.17) is 0 Å². The van der Waals surface area contributed by atoms with E-state index in [1.807, 2.05) is 42.5 Å². The van der Waals surface area contributed by atoms with E-state index in [1.165, 1.54) is 30.5 Å². The summed E-state index contributed by atoms with van der Waals surface area (Å²) < 4.78 is 27.8. The Kier molecular flexibility index (Phi) is 11.6. The zero-order valence-electron chi connectivity index (χ0n) is 24.2. The molecule has 0 bridgehead atoms. The predicted molar refractivity (Wildman–Crippen MR) is 161 cm³/mol. The molecule has 0 saturated heterocycles. The highest BCUT2D eigenvalue weighted by Gasteiger charge is 2.26. The summed E-state index contributed by atoms with van der Waals surface area (Å²) in [4.78, 5) is 28.0. The highest BCUT2D eigenvalue weighted by Crippen LogP contribution is 2.33. The Labute approximate surface area is 247 Å². The second-order valence-electron chi connectivity index (χ2n) is 11.1. The van der Waals surface area contributed by atoms with E-state index in [1.54, 1.807) is 4.90 Å². The molecule has 8 heteroatoms. The molecule has 3 aromatic rings. The van der Waals surface area contributed by atoms with Crippen molar-refractivity contribution < 1.29 is 23.5 Å². The third-order valence-electron chi connectivity index (χ3n) is 7.66. The van der Waals surface area contributed by atoms with Gasteiger partial charge in [-0.15, -0.1) is 0 Å². The number of hydrogen-bond acceptors (Lipinski definition) is 4. The van der Waals surface area contributed by atoms with Crippen LogP contribution >= 0.6 is 0 Å². The molecule has 6 nitrogen and oxygen atoms in total. The van der Waals surface area contributed by atoms with Gasteiger partial charge >= 0.3 is 0 Å². The monoisotopic (exact) mass is 577 g/mol. The Morgan fingerprint density at radius 3 is 2.33 bits per heavy atom. The molecular formula is C34H41F2N3O3. The van der Waals surface area contributed by atoms with Gasteiger partial charge in [0.15, 0.2) is 0 Å². The van der Waals surface area contributed by atoms with E-state index in [2.05, 4.69) is 29.7 Å². The number of hydrogen-bond donors (Lipinski definition) is 3. The summed E-state index contributed by atoms with van der Waals surface area (Å²) in [6.45, 7) is 3.36. The summed E-state index contributed by atoms with van der Waals surface area (Å²) in [5, 5.41) is 17.1. The highest BCUT2D eigenvalue weighted by atomic mass is 19.1. The van der Waals surface area contributed by atoms with Gasteiger partial charge in [-0.1, -0.05) is 62.2 Å². The number of amides is 2. The van der Waals surface area contributed by atoms with E-state index in [9.17, 15) is 23.5 Å². The number of nitrogens with zero attached hydrogens (tertiary/aromatic N) is 1. The number of halogens is 2. The molecule has 0 unspecified atom stereocenters. The molecule has 3 N–H and O–H groups in total. The summed E-state index contributed by atoms with van der Waals surface area (Å²) in [7, 11) is 0. The van der Waals surface area contributed by atoms with Gasteiger partial charge < -0.3 is 20.6 Å². The molecule has 224 valence electrons. The molecular weight excluding hydrogens is 536 g/mol. The van der Waals surface area contributed by atoms with Gasteiger partial charge in [0.1, 0.15) is 11.6 Å². The normalized spacial score (nSPS) is 14.3. The first-order valence-corrected chi connectivity index (χ1v) is 14.9. The molecule has 2 atom stereocenters. The predicted octanol–water partition coefficient (Wildman–Crippen LogP) is 5.32. The Bertz CT molecular complexity index is 1300. The standard InChI is InChI=1S/C34H41F2N3O3/c1-2-24-7-6-8-26(17-24)22-37-23-32(40)31(20-27-18-28(35)21-29(36)19-27)38-33(41)13-14-34(42)39(16-15-25-11-12-25)30-9-4-3-5-10-30/h3-10,17-19,21,25,31-32,37,40H,2,11-16,20,22-23H2,1H3,(H,38,41)/t31-,32+/m0/s1. The van der Waals surface area contributed by atoms with Crippen LogP contribution in [-0.2, 0) is 29.0 Å². The van der Waals surface area contributed by atoms with Crippen molar-refractivity contribution in [3.05, 3.63) is 101 Å². The van der Waals surface area contributed by atoms with Crippen LogP contribution in [-0.4, -0.2) is 42.2 Å². The molecule has 0 heterocycles. The lowest BCUT2D eigenvalue weighted by molar-refractivity contribution is -0.126. The number of carbonyl (C=O) groups excluding carboxylic acids is 2. The molecule has 3 aromatic carbocycles. The van der Waals surface area contributed by atoms with Gasteiger partial charge in [0.2, 0.25) is 11.8 Å². The van der Waals surface area contributed by atoms with Gasteiger partial charge in [0.05, 0.1) is 12.1 Å². The van der Waals surface area contributed by atoms with Crippen molar-refractivity contribution in [3.8, 4) is 0 Å². The Balaban J connectivity index is 1.37. The van der Waals surface area contributed by atoms with Gasteiger partial charge in [-0.2, -0.15) is 0 Å². The Morgan fingerprint density at radius 2 is 1.64 bits per heavy atom. The summed E-state index contributed by atoms with van der Waals surface area (Å²) in [6.07, 6.45) is 3.17. The topological polar surface area (TPSA) is 81.7 Å². The maximum Gasteiger partial charge on any atom is 0.227 e. The number of carbonyl (C=O) groups is 2. The lowest BCUT2D eigenvalue weighted by atomic mass is 10.00. The molecule has 42 heavy (non-hydrogen) atoms. The van der Waals surface area contributed by atoms with Crippen molar-refractivity contribution in [1.29, 1.82) is 0 Å². The zero-order valence-corrected chi connectivity index (χ0v) is 24.2. The van der Waals surface area contributed by atoms with Crippen molar-refractivity contribution in [2.45, 2.75) is 70.6 Å². The molecule has 0 spiro atoms. The fraction of sp³-hybridized carbons (Fsp3) is 0.412. The van der Waals surface area contributed by atoms with Crippen LogP contribution in [0.5, 0.6) is 0 Å². The van der Waals surface area contributed by atoms with Crippen LogP contribution in [0.25, 0.3) is 0 Å². The van der Waals surface area contributed by atoms with E-state index >= 15 is 0 Å².